The van der Waals surface area contributed by atoms with Crippen molar-refractivity contribution in [3.05, 3.63) is 96.1 Å². The number of esters is 1. The number of amides is 2. The largest absolute Gasteiger partial charge is 0.465 e. The van der Waals surface area contributed by atoms with Gasteiger partial charge < -0.3 is 10.1 Å². The Morgan fingerprint density at radius 3 is 2.33 bits per heavy atom. The van der Waals surface area contributed by atoms with Crippen LogP contribution < -0.4 is 5.32 Å². The molecule has 8 heteroatoms. The molecule has 36 heavy (non-hydrogen) atoms. The molecule has 1 heterocycles. The number of hydrogen-bond acceptors (Lipinski definition) is 6. The molecule has 1 N–H and O–H groups in total. The number of nitrogens with zero attached hydrogens (tertiary/aromatic N) is 2. The number of benzene rings is 3. The number of hydrogen-bond donors (Lipinski definition) is 1. The van der Waals surface area contributed by atoms with Gasteiger partial charge in [-0.2, -0.15) is 0 Å². The second-order valence-corrected chi connectivity index (χ2v) is 9.40. The smallest absolute Gasteiger partial charge is 0.337 e. The number of amidine groups is 1. The highest BCUT2D eigenvalue weighted by atomic mass is 32.2. The van der Waals surface area contributed by atoms with Crippen LogP contribution in [0.15, 0.2) is 89.9 Å². The van der Waals surface area contributed by atoms with Crippen molar-refractivity contribution in [2.24, 2.45) is 4.99 Å². The van der Waals surface area contributed by atoms with E-state index >= 15 is 0 Å². The van der Waals surface area contributed by atoms with Crippen LogP contribution in [0.5, 0.6) is 0 Å². The lowest BCUT2D eigenvalue weighted by molar-refractivity contribution is -0.129. The molecule has 1 fully saturated rings. The molecular weight excluding hydrogens is 474 g/mol. The zero-order valence-electron chi connectivity index (χ0n) is 19.9. The Labute approximate surface area is 214 Å². The molecule has 2 amide bonds. The molecule has 0 spiro atoms. The number of aryl methyl sites for hydroxylation is 1. The van der Waals surface area contributed by atoms with Crippen LogP contribution in [0.25, 0.3) is 0 Å². The fourth-order valence-electron chi connectivity index (χ4n) is 3.79. The molecule has 1 aliphatic heterocycles. The van der Waals surface area contributed by atoms with Gasteiger partial charge in [-0.1, -0.05) is 60.3 Å². The third kappa shape index (κ3) is 6.60. The van der Waals surface area contributed by atoms with E-state index in [9.17, 15) is 14.4 Å². The van der Waals surface area contributed by atoms with Gasteiger partial charge in [0.25, 0.3) is 0 Å². The van der Waals surface area contributed by atoms with Crippen molar-refractivity contribution in [3.8, 4) is 0 Å². The van der Waals surface area contributed by atoms with Crippen LogP contribution in [0.2, 0.25) is 0 Å². The number of thioether (sulfide) groups is 1. The van der Waals surface area contributed by atoms with Crippen molar-refractivity contribution in [1.29, 1.82) is 0 Å². The third-order valence-corrected chi connectivity index (χ3v) is 6.86. The van der Waals surface area contributed by atoms with Gasteiger partial charge in [-0.05, 0) is 54.8 Å². The molecule has 1 saturated heterocycles. The summed E-state index contributed by atoms with van der Waals surface area (Å²) >= 11 is 1.29. The monoisotopic (exact) mass is 501 g/mol. The van der Waals surface area contributed by atoms with E-state index in [4.69, 9.17) is 9.73 Å². The summed E-state index contributed by atoms with van der Waals surface area (Å²) in [6, 6.07) is 26.0. The van der Waals surface area contributed by atoms with Gasteiger partial charge in [-0.15, -0.1) is 0 Å². The first kappa shape index (κ1) is 25.2. The van der Waals surface area contributed by atoms with Gasteiger partial charge in [0.2, 0.25) is 11.8 Å². The van der Waals surface area contributed by atoms with Crippen LogP contribution in [-0.2, 0) is 20.7 Å². The number of para-hydroxylation sites is 1. The van der Waals surface area contributed by atoms with E-state index in [0.29, 0.717) is 23.0 Å². The lowest BCUT2D eigenvalue weighted by atomic mass is 10.1. The van der Waals surface area contributed by atoms with E-state index in [1.54, 1.807) is 29.2 Å². The lowest BCUT2D eigenvalue weighted by Crippen LogP contribution is -2.45. The van der Waals surface area contributed by atoms with Crippen molar-refractivity contribution in [1.82, 2.24) is 4.90 Å². The Kier molecular flexibility index (Phi) is 8.52. The van der Waals surface area contributed by atoms with E-state index < -0.39 is 11.2 Å². The fraction of sp³-hybridized carbons (Fsp3) is 0.214. The zero-order valence-corrected chi connectivity index (χ0v) is 20.7. The topological polar surface area (TPSA) is 88.1 Å². The molecule has 0 aromatic heterocycles. The molecule has 184 valence electrons. The average Bonchev–Trinajstić information content (AvgIpc) is 2.91. The lowest BCUT2D eigenvalue weighted by Gasteiger charge is -2.32. The molecule has 1 unspecified atom stereocenters. The van der Waals surface area contributed by atoms with E-state index in [2.05, 4.69) is 17.4 Å². The van der Waals surface area contributed by atoms with Crippen LogP contribution >= 0.6 is 11.8 Å². The van der Waals surface area contributed by atoms with E-state index in [0.717, 1.165) is 18.5 Å². The van der Waals surface area contributed by atoms with Gasteiger partial charge in [-0.25, -0.2) is 9.79 Å². The summed E-state index contributed by atoms with van der Waals surface area (Å²) in [6.45, 7) is 0.524. The number of carbonyl (C=O) groups excluding carboxylic acids is 3. The summed E-state index contributed by atoms with van der Waals surface area (Å²) in [5.41, 5.74) is 2.86. The van der Waals surface area contributed by atoms with Gasteiger partial charge >= 0.3 is 5.97 Å². The van der Waals surface area contributed by atoms with Gasteiger partial charge in [0, 0.05) is 18.7 Å². The number of nitrogens with one attached hydrogen (secondary N) is 1. The molecule has 0 bridgehead atoms. The van der Waals surface area contributed by atoms with Crippen molar-refractivity contribution in [3.63, 3.8) is 0 Å². The van der Waals surface area contributed by atoms with E-state index in [1.165, 1.54) is 24.4 Å². The first-order chi connectivity index (χ1) is 17.5. The van der Waals surface area contributed by atoms with Gasteiger partial charge in [0.1, 0.15) is 5.25 Å². The van der Waals surface area contributed by atoms with Crippen LogP contribution in [0, 0.1) is 0 Å². The highest BCUT2D eigenvalue weighted by Crippen LogP contribution is 2.30. The van der Waals surface area contributed by atoms with Crippen LogP contribution in [0.4, 0.5) is 11.4 Å². The highest BCUT2D eigenvalue weighted by Gasteiger charge is 2.35. The Bertz CT molecular complexity index is 1230. The number of methoxy groups -OCH3 is 1. The summed E-state index contributed by atoms with van der Waals surface area (Å²) in [5.74, 6) is -0.864. The number of ether oxygens (including phenoxy) is 1. The average molecular weight is 502 g/mol. The minimum absolute atomic E-state index is 0.0793. The van der Waals surface area contributed by atoms with Crippen molar-refractivity contribution in [2.75, 3.05) is 19.0 Å². The number of aliphatic imine (C=N–C) groups is 1. The molecule has 0 aliphatic carbocycles. The second kappa shape index (κ2) is 12.2. The maximum absolute atomic E-state index is 13.2. The summed E-state index contributed by atoms with van der Waals surface area (Å²) < 4.78 is 4.70. The Morgan fingerprint density at radius 1 is 1.00 bits per heavy atom. The quantitative estimate of drug-likeness (QED) is 0.436. The van der Waals surface area contributed by atoms with Gasteiger partial charge in [0.05, 0.1) is 18.4 Å². The van der Waals surface area contributed by atoms with E-state index in [1.807, 2.05) is 48.5 Å². The van der Waals surface area contributed by atoms with Gasteiger partial charge in [-0.3, -0.25) is 14.5 Å². The van der Waals surface area contributed by atoms with E-state index in [-0.39, 0.29) is 18.2 Å². The van der Waals surface area contributed by atoms with Crippen molar-refractivity contribution in [2.45, 2.75) is 24.5 Å². The zero-order chi connectivity index (χ0) is 25.3. The molecule has 0 saturated carbocycles. The van der Waals surface area contributed by atoms with Crippen LogP contribution in [-0.4, -0.2) is 46.8 Å². The summed E-state index contributed by atoms with van der Waals surface area (Å²) in [4.78, 5) is 44.2. The molecule has 0 radical (unpaired) electrons. The highest BCUT2D eigenvalue weighted by molar-refractivity contribution is 8.15. The number of anilines is 1. The molecule has 3 aromatic rings. The van der Waals surface area contributed by atoms with Crippen molar-refractivity contribution < 1.29 is 19.1 Å². The first-order valence-electron chi connectivity index (χ1n) is 11.7. The molecule has 7 nitrogen and oxygen atoms in total. The SMILES string of the molecule is COC(=O)c1ccc(NC(=O)C2CC(=O)N(CCCc3ccccc3)C(=Nc3ccccc3)S2)cc1. The Morgan fingerprint density at radius 2 is 1.67 bits per heavy atom. The third-order valence-electron chi connectivity index (χ3n) is 5.68. The molecule has 3 aromatic carbocycles. The minimum atomic E-state index is -0.620. The molecular formula is C28H27N3O4S. The predicted octanol–water partition coefficient (Wildman–Crippen LogP) is 5.07. The first-order valence-corrected chi connectivity index (χ1v) is 12.6. The summed E-state index contributed by atoms with van der Waals surface area (Å²) in [5, 5.41) is 2.74. The minimum Gasteiger partial charge on any atom is -0.465 e. The second-order valence-electron chi connectivity index (χ2n) is 8.23. The molecule has 4 rings (SSSR count). The maximum Gasteiger partial charge on any atom is 0.337 e. The van der Waals surface area contributed by atoms with Crippen molar-refractivity contribution >= 4 is 46.1 Å². The Hall–Kier alpha value is -3.91. The summed E-state index contributed by atoms with van der Waals surface area (Å²) in [7, 11) is 1.31. The van der Waals surface area contributed by atoms with Gasteiger partial charge in [0.15, 0.2) is 5.17 Å². The summed E-state index contributed by atoms with van der Waals surface area (Å²) in [6.07, 6.45) is 1.71. The Balaban J connectivity index is 1.46. The standard InChI is InChI=1S/C28H27N3O4S/c1-35-27(34)21-14-16-23(17-15-21)29-26(33)24-19-25(32)31(18-8-11-20-9-4-2-5-10-20)28(36-24)30-22-12-6-3-7-13-22/h2-7,9-10,12-17,24H,8,11,18-19H2,1H3,(H,29,33). The number of rotatable bonds is 8. The molecule has 1 aliphatic rings. The predicted molar refractivity (Wildman–Crippen MR) is 142 cm³/mol. The fourth-order valence-corrected chi connectivity index (χ4v) is 4.92. The maximum atomic E-state index is 13.2. The normalized spacial score (nSPS) is 16.6. The number of carbonyl (C=O) groups is 3. The molecule has 1 atom stereocenters. The van der Waals surface area contributed by atoms with Crippen LogP contribution in [0.3, 0.4) is 0 Å². The van der Waals surface area contributed by atoms with Crippen LogP contribution in [0.1, 0.15) is 28.8 Å².